The van der Waals surface area contributed by atoms with Crippen LogP contribution in [-0.4, -0.2) is 24.1 Å². The maximum atomic E-state index is 12.9. The van der Waals surface area contributed by atoms with E-state index in [-0.39, 0.29) is 28.1 Å². The van der Waals surface area contributed by atoms with E-state index in [1.54, 1.807) is 0 Å². The summed E-state index contributed by atoms with van der Waals surface area (Å²) in [6.45, 7) is -2.88. The molecule has 1 heterocycles. The number of aromatic nitrogens is 2. The lowest BCUT2D eigenvalue weighted by atomic mass is 10.1. The molecule has 152 valence electrons. The Kier molecular flexibility index (Phi) is 5.71. The molecule has 1 amide bonds. The minimum atomic E-state index is -4.23. The van der Waals surface area contributed by atoms with Crippen molar-refractivity contribution >= 4 is 21.6 Å². The van der Waals surface area contributed by atoms with Crippen molar-refractivity contribution in [2.75, 3.05) is 5.32 Å². The van der Waals surface area contributed by atoms with Gasteiger partial charge in [-0.05, 0) is 29.8 Å². The van der Waals surface area contributed by atoms with Gasteiger partial charge >= 0.3 is 6.55 Å². The average molecular weight is 424 g/mol. The molecule has 0 aliphatic heterocycles. The number of sulfonamides is 1. The Morgan fingerprint density at radius 1 is 1.17 bits per heavy atom. The summed E-state index contributed by atoms with van der Waals surface area (Å²) in [5.74, 6) is -0.895. The minimum absolute atomic E-state index is 0.0616. The molecule has 11 heteroatoms. The van der Waals surface area contributed by atoms with E-state index in [0.717, 1.165) is 18.5 Å². The molecule has 0 radical (unpaired) electrons. The third-order valence-electron chi connectivity index (χ3n) is 3.96. The molecule has 1 aromatic heterocycles. The summed E-state index contributed by atoms with van der Waals surface area (Å²) in [4.78, 5) is 11.8. The number of carbonyl (C=O) groups excluding carboxylic acids is 1. The lowest BCUT2D eigenvalue weighted by molar-refractivity contribution is -0.115. The van der Waals surface area contributed by atoms with Crippen LogP contribution in [0.25, 0.3) is 11.1 Å². The van der Waals surface area contributed by atoms with E-state index < -0.39 is 28.3 Å². The number of alkyl halides is 2. The van der Waals surface area contributed by atoms with Gasteiger partial charge in [-0.3, -0.25) is 4.79 Å². The van der Waals surface area contributed by atoms with Crippen LogP contribution in [0.2, 0.25) is 0 Å². The topological polar surface area (TPSA) is 107 Å². The van der Waals surface area contributed by atoms with E-state index in [2.05, 4.69) is 10.4 Å². The Bertz CT molecular complexity index is 1150. The summed E-state index contributed by atoms with van der Waals surface area (Å²) >= 11 is 0. The summed E-state index contributed by atoms with van der Waals surface area (Å²) in [5.41, 5.74) is 0.896. The molecule has 0 saturated carbocycles. The van der Waals surface area contributed by atoms with Gasteiger partial charge in [-0.15, -0.1) is 0 Å². The van der Waals surface area contributed by atoms with Gasteiger partial charge in [0, 0.05) is 23.0 Å². The third-order valence-corrected chi connectivity index (χ3v) is 4.91. The standard InChI is InChI=1S/C18H15F3N4O3S/c19-13-3-1-11(2-4-13)7-17(26)24-14-5-6-15(16(8-14)29(22,27)28)12-9-23-25(10-12)18(20)21/h1-6,8-10,18H,7H2,(H,24,26)(H2,22,27,28). The molecule has 0 spiro atoms. The predicted octanol–water partition coefficient (Wildman–Crippen LogP) is 2.91. The van der Waals surface area contributed by atoms with Crippen molar-refractivity contribution in [3.05, 3.63) is 66.2 Å². The molecule has 0 aliphatic rings. The van der Waals surface area contributed by atoms with Gasteiger partial charge in [0.05, 0.1) is 17.5 Å². The van der Waals surface area contributed by atoms with Crippen molar-refractivity contribution < 1.29 is 26.4 Å². The van der Waals surface area contributed by atoms with Crippen molar-refractivity contribution in [3.8, 4) is 11.1 Å². The van der Waals surface area contributed by atoms with Crippen LogP contribution in [-0.2, 0) is 21.2 Å². The number of amides is 1. The number of primary sulfonamides is 1. The number of nitrogens with one attached hydrogen (secondary N) is 1. The van der Waals surface area contributed by atoms with E-state index in [1.165, 1.54) is 36.4 Å². The number of rotatable bonds is 6. The first-order valence-corrected chi connectivity index (χ1v) is 9.72. The molecule has 29 heavy (non-hydrogen) atoms. The largest absolute Gasteiger partial charge is 0.333 e. The fraction of sp³-hybridized carbons (Fsp3) is 0.111. The van der Waals surface area contributed by atoms with Crippen LogP contribution in [0.1, 0.15) is 12.1 Å². The van der Waals surface area contributed by atoms with Crippen molar-refractivity contribution in [2.45, 2.75) is 17.9 Å². The summed E-state index contributed by atoms with van der Waals surface area (Å²) in [6.07, 6.45) is 2.01. The highest BCUT2D eigenvalue weighted by atomic mass is 32.2. The first kappa shape index (κ1) is 20.6. The molecule has 3 N–H and O–H groups in total. The molecule has 0 aliphatic carbocycles. The van der Waals surface area contributed by atoms with Crippen molar-refractivity contribution in [1.29, 1.82) is 0 Å². The number of carbonyl (C=O) groups is 1. The van der Waals surface area contributed by atoms with Gasteiger partial charge in [0.2, 0.25) is 15.9 Å². The molecular formula is C18H15F3N4O3S. The zero-order chi connectivity index (χ0) is 21.2. The summed E-state index contributed by atoms with van der Waals surface area (Å²) < 4.78 is 62.7. The fourth-order valence-electron chi connectivity index (χ4n) is 2.65. The van der Waals surface area contributed by atoms with Crippen LogP contribution >= 0.6 is 0 Å². The number of halogens is 3. The average Bonchev–Trinajstić information content (AvgIpc) is 3.13. The van der Waals surface area contributed by atoms with Crippen LogP contribution in [0.5, 0.6) is 0 Å². The van der Waals surface area contributed by atoms with Crippen LogP contribution in [0, 0.1) is 5.82 Å². The molecular weight excluding hydrogens is 409 g/mol. The number of nitrogens with two attached hydrogens (primary N) is 1. The SMILES string of the molecule is NS(=O)(=O)c1cc(NC(=O)Cc2ccc(F)cc2)ccc1-c1cnn(C(F)F)c1. The monoisotopic (exact) mass is 424 g/mol. The molecule has 3 rings (SSSR count). The Balaban J connectivity index is 1.87. The molecule has 3 aromatic rings. The minimum Gasteiger partial charge on any atom is -0.326 e. The Labute approximate surface area is 164 Å². The van der Waals surface area contributed by atoms with Crippen LogP contribution in [0.3, 0.4) is 0 Å². The van der Waals surface area contributed by atoms with Crippen molar-refractivity contribution in [3.63, 3.8) is 0 Å². The summed E-state index contributed by atoms with van der Waals surface area (Å²) in [6, 6.07) is 9.22. The smallest absolute Gasteiger partial charge is 0.326 e. The second kappa shape index (κ2) is 8.05. The van der Waals surface area contributed by atoms with Gasteiger partial charge in [-0.1, -0.05) is 18.2 Å². The molecule has 2 aromatic carbocycles. The van der Waals surface area contributed by atoms with Crippen LogP contribution in [0.15, 0.2) is 59.8 Å². The van der Waals surface area contributed by atoms with E-state index in [4.69, 9.17) is 5.14 Å². The number of hydrogen-bond donors (Lipinski definition) is 2. The normalized spacial score (nSPS) is 11.6. The molecule has 0 bridgehead atoms. The highest BCUT2D eigenvalue weighted by molar-refractivity contribution is 7.89. The second-order valence-corrected chi connectivity index (χ2v) is 7.62. The third kappa shape index (κ3) is 5.00. The van der Waals surface area contributed by atoms with Crippen LogP contribution in [0.4, 0.5) is 18.9 Å². The number of benzene rings is 2. The van der Waals surface area contributed by atoms with Crippen LogP contribution < -0.4 is 10.5 Å². The molecule has 0 atom stereocenters. The molecule has 7 nitrogen and oxygen atoms in total. The zero-order valence-corrected chi connectivity index (χ0v) is 15.5. The van der Waals surface area contributed by atoms with E-state index >= 15 is 0 Å². The maximum absolute atomic E-state index is 12.9. The Morgan fingerprint density at radius 2 is 1.86 bits per heavy atom. The highest BCUT2D eigenvalue weighted by Crippen LogP contribution is 2.30. The van der Waals surface area contributed by atoms with Gasteiger partial charge in [-0.2, -0.15) is 13.9 Å². The van der Waals surface area contributed by atoms with Gasteiger partial charge in [0.1, 0.15) is 5.82 Å². The fourth-order valence-corrected chi connectivity index (χ4v) is 3.43. The van der Waals surface area contributed by atoms with Crippen molar-refractivity contribution in [1.82, 2.24) is 9.78 Å². The predicted molar refractivity (Wildman–Crippen MR) is 99.0 cm³/mol. The van der Waals surface area contributed by atoms with E-state index in [9.17, 15) is 26.4 Å². The Hall–Kier alpha value is -3.18. The van der Waals surface area contributed by atoms with Gasteiger partial charge in [0.15, 0.2) is 0 Å². The summed E-state index contributed by atoms with van der Waals surface area (Å²) in [5, 5.41) is 11.2. The van der Waals surface area contributed by atoms with E-state index in [0.29, 0.717) is 10.2 Å². The first-order chi connectivity index (χ1) is 13.6. The van der Waals surface area contributed by atoms with Gasteiger partial charge in [-0.25, -0.2) is 22.6 Å². The molecule has 0 saturated heterocycles. The maximum Gasteiger partial charge on any atom is 0.333 e. The molecule has 0 unspecified atom stereocenters. The van der Waals surface area contributed by atoms with Crippen molar-refractivity contribution in [2.24, 2.45) is 5.14 Å². The van der Waals surface area contributed by atoms with Gasteiger partial charge in [0.25, 0.3) is 0 Å². The first-order valence-electron chi connectivity index (χ1n) is 8.17. The summed E-state index contributed by atoms with van der Waals surface area (Å²) in [7, 11) is -4.23. The quantitative estimate of drug-likeness (QED) is 0.634. The molecule has 0 fully saturated rings. The highest BCUT2D eigenvalue weighted by Gasteiger charge is 2.19. The second-order valence-electron chi connectivity index (χ2n) is 6.09. The van der Waals surface area contributed by atoms with E-state index in [1.807, 2.05) is 0 Å². The van der Waals surface area contributed by atoms with Gasteiger partial charge < -0.3 is 5.32 Å². The number of hydrogen-bond acceptors (Lipinski definition) is 4. The lowest BCUT2D eigenvalue weighted by Crippen LogP contribution is -2.17. The number of nitrogens with zero attached hydrogens (tertiary/aromatic N) is 2. The Morgan fingerprint density at radius 3 is 2.45 bits per heavy atom. The zero-order valence-electron chi connectivity index (χ0n) is 14.7. The lowest BCUT2D eigenvalue weighted by Gasteiger charge is -2.11. The number of anilines is 1.